The number of rotatable bonds is 4. The van der Waals surface area contributed by atoms with E-state index in [2.05, 4.69) is 18.0 Å². The molecule has 0 radical (unpaired) electrons. The maximum atomic E-state index is 11.7. The van der Waals surface area contributed by atoms with Gasteiger partial charge in [-0.3, -0.25) is 9.59 Å². The lowest BCUT2D eigenvalue weighted by molar-refractivity contribution is -0.152. The molecule has 0 amide bonds. The van der Waals surface area contributed by atoms with Gasteiger partial charge >= 0.3 is 11.9 Å². The average molecular weight is 399 g/mol. The first-order chi connectivity index (χ1) is 13.8. The normalized spacial score (nSPS) is 33.7. The van der Waals surface area contributed by atoms with Gasteiger partial charge in [0.2, 0.25) is 0 Å². The number of aliphatic carboxylic acids is 1. The Hall–Kier alpha value is -2.54. The van der Waals surface area contributed by atoms with E-state index in [1.165, 1.54) is 6.92 Å². The summed E-state index contributed by atoms with van der Waals surface area (Å²) in [5.41, 5.74) is 2.63. The number of carbonyl (C=O) groups is 2. The summed E-state index contributed by atoms with van der Waals surface area (Å²) >= 11 is 0. The van der Waals surface area contributed by atoms with E-state index < -0.39 is 12.1 Å². The molecule has 1 unspecified atom stereocenters. The van der Waals surface area contributed by atoms with Crippen LogP contribution in [-0.2, 0) is 32.6 Å². The number of benzene rings is 1. The molecule has 0 aromatic heterocycles. The second-order valence-electron chi connectivity index (χ2n) is 8.70. The maximum absolute atomic E-state index is 11.7. The van der Waals surface area contributed by atoms with Crippen LogP contribution >= 0.6 is 0 Å². The molecule has 29 heavy (non-hydrogen) atoms. The van der Waals surface area contributed by atoms with Crippen molar-refractivity contribution in [1.29, 1.82) is 0 Å². The molecular weight excluding hydrogens is 374 g/mol. The number of carboxylic acids is 1. The minimum atomic E-state index is -0.856. The van der Waals surface area contributed by atoms with Gasteiger partial charge in [0.05, 0.1) is 0 Å². The summed E-state index contributed by atoms with van der Waals surface area (Å²) in [6.45, 7) is 2.28. The molecule has 4 aliphatic rings. The number of esters is 1. The zero-order valence-corrected chi connectivity index (χ0v) is 16.6. The largest absolute Gasteiger partial charge is 0.504 e. The van der Waals surface area contributed by atoms with E-state index in [4.69, 9.17) is 14.6 Å². The molecular formula is C22H25NO6. The molecule has 1 aromatic carbocycles. The maximum Gasteiger partial charge on any atom is 0.303 e. The number of hydrogen-bond donors (Lipinski definition) is 2. The fourth-order valence-electron chi connectivity index (χ4n) is 6.14. The van der Waals surface area contributed by atoms with Gasteiger partial charge in [0.1, 0.15) is 6.10 Å². The number of nitrogens with zero attached hydrogens (tertiary/aromatic N) is 1. The van der Waals surface area contributed by atoms with Gasteiger partial charge in [-0.1, -0.05) is 6.08 Å². The van der Waals surface area contributed by atoms with E-state index in [0.717, 1.165) is 36.1 Å². The van der Waals surface area contributed by atoms with Gasteiger partial charge in [0, 0.05) is 36.3 Å². The molecule has 5 rings (SSSR count). The SMILES string of the molecule is CC(=O)O[C@H]1C=CC2[C@H]3Cc4c(CCC(=O)O)cc(O)c5c4[C@@]2(CCN3C)[C@H]1O5. The Morgan fingerprint density at radius 3 is 2.90 bits per heavy atom. The van der Waals surface area contributed by atoms with Crippen molar-refractivity contribution in [2.24, 2.45) is 5.92 Å². The van der Waals surface area contributed by atoms with E-state index in [-0.39, 0.29) is 41.6 Å². The fraction of sp³-hybridized carbons (Fsp3) is 0.545. The minimum Gasteiger partial charge on any atom is -0.504 e. The summed E-state index contributed by atoms with van der Waals surface area (Å²) < 4.78 is 11.9. The van der Waals surface area contributed by atoms with Gasteiger partial charge in [0.25, 0.3) is 0 Å². The van der Waals surface area contributed by atoms with Crippen LogP contribution in [0, 0.1) is 5.92 Å². The molecule has 2 aliphatic carbocycles. The van der Waals surface area contributed by atoms with Crippen molar-refractivity contribution in [2.45, 2.75) is 56.3 Å². The summed E-state index contributed by atoms with van der Waals surface area (Å²) in [4.78, 5) is 25.2. The van der Waals surface area contributed by atoms with E-state index in [0.29, 0.717) is 12.2 Å². The number of aromatic hydroxyl groups is 1. The molecule has 2 heterocycles. The molecule has 154 valence electrons. The summed E-state index contributed by atoms with van der Waals surface area (Å²) in [5, 5.41) is 19.9. The van der Waals surface area contributed by atoms with Crippen molar-refractivity contribution in [2.75, 3.05) is 13.6 Å². The predicted octanol–water partition coefficient (Wildman–Crippen LogP) is 1.79. The highest BCUT2D eigenvalue weighted by Gasteiger charge is 2.65. The smallest absolute Gasteiger partial charge is 0.303 e. The van der Waals surface area contributed by atoms with Gasteiger partial charge in [-0.2, -0.15) is 0 Å². The number of carboxylic acid groups (broad SMARTS) is 1. The number of hydrogen-bond acceptors (Lipinski definition) is 6. The highest BCUT2D eigenvalue weighted by Crippen LogP contribution is 2.63. The van der Waals surface area contributed by atoms with E-state index in [9.17, 15) is 14.7 Å². The average Bonchev–Trinajstić information content (AvgIpc) is 3.01. The monoisotopic (exact) mass is 399 g/mol. The van der Waals surface area contributed by atoms with E-state index in [1.807, 2.05) is 6.08 Å². The third-order valence-electron chi connectivity index (χ3n) is 7.26. The molecule has 2 N–H and O–H groups in total. The second kappa shape index (κ2) is 6.23. The van der Waals surface area contributed by atoms with Crippen LogP contribution in [0.3, 0.4) is 0 Å². The standard InChI is InChI=1S/C22H25NO6/c1-11(24)28-17-5-4-14-15-10-13-12(3-6-18(26)27)9-16(25)20-19(13)22(14,21(17)29-20)7-8-23(15)2/h4-5,9,14-15,17,21,25H,3,6-8,10H2,1-2H3,(H,26,27)/t14?,15-,17+,21+,22+/m1/s1. The van der Waals surface area contributed by atoms with Crippen molar-refractivity contribution in [1.82, 2.24) is 4.90 Å². The molecule has 7 heteroatoms. The quantitative estimate of drug-likeness (QED) is 0.589. The first kappa shape index (κ1) is 18.5. The Labute approximate surface area is 168 Å². The van der Waals surface area contributed by atoms with Crippen molar-refractivity contribution in [3.05, 3.63) is 34.9 Å². The fourth-order valence-corrected chi connectivity index (χ4v) is 6.14. The van der Waals surface area contributed by atoms with Gasteiger partial charge in [-0.15, -0.1) is 0 Å². The summed E-state index contributed by atoms with van der Waals surface area (Å²) in [6, 6.07) is 1.92. The molecule has 1 aromatic rings. The lowest BCUT2D eigenvalue weighted by Gasteiger charge is -2.56. The number of likely N-dealkylation sites (tertiary alicyclic amines) is 1. The molecule has 2 bridgehead atoms. The summed E-state index contributed by atoms with van der Waals surface area (Å²) in [5.74, 6) is -0.489. The van der Waals surface area contributed by atoms with Gasteiger partial charge in [-0.25, -0.2) is 0 Å². The molecule has 1 saturated heterocycles. The number of aryl methyl sites for hydroxylation is 1. The van der Waals surface area contributed by atoms with Crippen molar-refractivity contribution in [3.8, 4) is 11.5 Å². The topological polar surface area (TPSA) is 96.3 Å². The highest BCUT2D eigenvalue weighted by molar-refractivity contribution is 5.69. The number of phenols is 1. The van der Waals surface area contributed by atoms with Gasteiger partial charge in [-0.05, 0) is 56.1 Å². The Morgan fingerprint density at radius 1 is 1.38 bits per heavy atom. The van der Waals surface area contributed by atoms with Crippen LogP contribution in [0.2, 0.25) is 0 Å². The van der Waals surface area contributed by atoms with Crippen LogP contribution in [0.5, 0.6) is 11.5 Å². The van der Waals surface area contributed by atoms with E-state index in [1.54, 1.807) is 6.07 Å². The van der Waals surface area contributed by atoms with Crippen LogP contribution < -0.4 is 4.74 Å². The van der Waals surface area contributed by atoms with Gasteiger partial charge < -0.3 is 24.6 Å². The number of carbonyl (C=O) groups excluding carboxylic acids is 1. The minimum absolute atomic E-state index is 0.0163. The lowest BCUT2D eigenvalue weighted by Crippen LogP contribution is -2.65. The van der Waals surface area contributed by atoms with E-state index >= 15 is 0 Å². The molecule has 0 saturated carbocycles. The first-order valence-electron chi connectivity index (χ1n) is 10.2. The molecule has 7 nitrogen and oxygen atoms in total. The van der Waals surface area contributed by atoms with Crippen molar-refractivity contribution in [3.63, 3.8) is 0 Å². The van der Waals surface area contributed by atoms with Crippen LogP contribution in [-0.4, -0.2) is 58.9 Å². The lowest BCUT2D eigenvalue weighted by atomic mass is 9.53. The second-order valence-corrected chi connectivity index (χ2v) is 8.70. The molecule has 1 fully saturated rings. The van der Waals surface area contributed by atoms with Crippen LogP contribution in [0.25, 0.3) is 0 Å². The first-order valence-corrected chi connectivity index (χ1v) is 10.2. The zero-order chi connectivity index (χ0) is 20.5. The Kier molecular flexibility index (Phi) is 3.97. The number of likely N-dealkylation sites (N-methyl/N-ethyl adjacent to an activating group) is 1. The number of piperidine rings is 1. The highest BCUT2D eigenvalue weighted by atomic mass is 16.6. The zero-order valence-electron chi connectivity index (χ0n) is 16.6. The molecule has 2 aliphatic heterocycles. The third-order valence-corrected chi connectivity index (χ3v) is 7.26. The van der Waals surface area contributed by atoms with Crippen LogP contribution in [0.15, 0.2) is 18.2 Å². The molecule has 1 spiro atoms. The Morgan fingerprint density at radius 2 is 2.17 bits per heavy atom. The molecule has 5 atom stereocenters. The Balaban J connectivity index is 1.70. The van der Waals surface area contributed by atoms with Crippen LogP contribution in [0.4, 0.5) is 0 Å². The van der Waals surface area contributed by atoms with Crippen molar-refractivity contribution < 1.29 is 29.3 Å². The van der Waals surface area contributed by atoms with Crippen LogP contribution in [0.1, 0.15) is 36.5 Å². The predicted molar refractivity (Wildman–Crippen MR) is 103 cm³/mol. The summed E-state index contributed by atoms with van der Waals surface area (Å²) in [6.07, 6.45) is 5.21. The van der Waals surface area contributed by atoms with Gasteiger partial charge in [0.15, 0.2) is 17.6 Å². The third kappa shape index (κ3) is 2.46. The summed E-state index contributed by atoms with van der Waals surface area (Å²) in [7, 11) is 2.12. The van der Waals surface area contributed by atoms with Crippen molar-refractivity contribution >= 4 is 11.9 Å². The number of phenolic OH excluding ortho intramolecular Hbond substituents is 1. The number of ether oxygens (including phenoxy) is 2. The Bertz CT molecular complexity index is 940.